The lowest BCUT2D eigenvalue weighted by Crippen LogP contribution is -2.06. The van der Waals surface area contributed by atoms with Crippen molar-refractivity contribution in [1.82, 2.24) is 4.57 Å². The number of halogens is 2. The summed E-state index contributed by atoms with van der Waals surface area (Å²) in [6.07, 6.45) is 3.53. The molecule has 19 heavy (non-hydrogen) atoms. The Hall–Kier alpha value is -1.61. The summed E-state index contributed by atoms with van der Waals surface area (Å²) in [6.45, 7) is 4.10. The van der Waals surface area contributed by atoms with Gasteiger partial charge in [0.2, 0.25) is 0 Å². The molecule has 2 rings (SSSR count). The molecular formula is C15H15ClFNO. The standard InChI is InChI=1S/C15H15ClFNO/c1-10(2)15(19)12-5-6-18(9-12)8-11-3-4-13(16)7-14(11)17/h3-7,9-10H,8H2,1-2H3. The van der Waals surface area contributed by atoms with Crippen LogP contribution in [0.4, 0.5) is 4.39 Å². The Morgan fingerprint density at radius 3 is 2.74 bits per heavy atom. The van der Waals surface area contributed by atoms with Gasteiger partial charge in [-0.1, -0.05) is 31.5 Å². The van der Waals surface area contributed by atoms with Crippen molar-refractivity contribution in [2.24, 2.45) is 5.92 Å². The van der Waals surface area contributed by atoms with E-state index in [4.69, 9.17) is 11.6 Å². The zero-order valence-electron chi connectivity index (χ0n) is 10.9. The van der Waals surface area contributed by atoms with Gasteiger partial charge in [-0.05, 0) is 18.2 Å². The molecule has 0 N–H and O–H groups in total. The fraction of sp³-hybridized carbons (Fsp3) is 0.267. The van der Waals surface area contributed by atoms with E-state index in [9.17, 15) is 9.18 Å². The first-order valence-electron chi connectivity index (χ1n) is 6.11. The third-order valence-electron chi connectivity index (χ3n) is 2.93. The van der Waals surface area contributed by atoms with Gasteiger partial charge in [0, 0.05) is 41.0 Å². The van der Waals surface area contributed by atoms with Crippen LogP contribution in [0.5, 0.6) is 0 Å². The maximum atomic E-state index is 13.7. The Balaban J connectivity index is 2.18. The summed E-state index contributed by atoms with van der Waals surface area (Å²) in [5.41, 5.74) is 1.20. The average molecular weight is 280 g/mol. The summed E-state index contributed by atoms with van der Waals surface area (Å²) < 4.78 is 15.5. The molecule has 0 spiro atoms. The van der Waals surface area contributed by atoms with E-state index in [0.717, 1.165) is 0 Å². The van der Waals surface area contributed by atoms with Crippen LogP contribution < -0.4 is 0 Å². The van der Waals surface area contributed by atoms with Gasteiger partial charge in [0.1, 0.15) is 5.82 Å². The molecule has 0 aliphatic heterocycles. The summed E-state index contributed by atoms with van der Waals surface area (Å²) >= 11 is 5.71. The monoisotopic (exact) mass is 279 g/mol. The molecule has 2 nitrogen and oxygen atoms in total. The number of carbonyl (C=O) groups excluding carboxylic acids is 1. The van der Waals surface area contributed by atoms with Gasteiger partial charge < -0.3 is 4.57 Å². The van der Waals surface area contributed by atoms with Crippen LogP contribution in [-0.2, 0) is 6.54 Å². The van der Waals surface area contributed by atoms with Gasteiger partial charge in [-0.15, -0.1) is 0 Å². The Morgan fingerprint density at radius 1 is 1.37 bits per heavy atom. The van der Waals surface area contributed by atoms with Crippen LogP contribution in [-0.4, -0.2) is 10.4 Å². The van der Waals surface area contributed by atoms with Crippen molar-refractivity contribution in [3.8, 4) is 0 Å². The molecule has 0 radical (unpaired) electrons. The number of rotatable bonds is 4. The largest absolute Gasteiger partial charge is 0.349 e. The Morgan fingerprint density at radius 2 is 2.11 bits per heavy atom. The van der Waals surface area contributed by atoms with E-state index in [0.29, 0.717) is 22.7 Å². The molecule has 1 aromatic heterocycles. The van der Waals surface area contributed by atoms with Crippen LogP contribution in [0.3, 0.4) is 0 Å². The number of carbonyl (C=O) groups is 1. The number of nitrogens with zero attached hydrogens (tertiary/aromatic N) is 1. The van der Waals surface area contributed by atoms with Gasteiger partial charge in [0.05, 0.1) is 0 Å². The summed E-state index contributed by atoms with van der Waals surface area (Å²) in [4.78, 5) is 11.8. The molecule has 0 aliphatic rings. The number of hydrogen-bond acceptors (Lipinski definition) is 1. The van der Waals surface area contributed by atoms with Gasteiger partial charge in [-0.25, -0.2) is 4.39 Å². The number of Topliss-reactive ketones (excluding diaryl/α,β-unsaturated/α-hetero) is 1. The fourth-order valence-electron chi connectivity index (χ4n) is 1.86. The van der Waals surface area contributed by atoms with Crippen LogP contribution in [0, 0.1) is 11.7 Å². The van der Waals surface area contributed by atoms with E-state index >= 15 is 0 Å². The number of aromatic nitrogens is 1. The minimum absolute atomic E-state index is 0.0388. The van der Waals surface area contributed by atoms with Crippen LogP contribution >= 0.6 is 11.6 Å². The summed E-state index contributed by atoms with van der Waals surface area (Å²) in [6, 6.07) is 6.36. The van der Waals surface area contributed by atoms with Crippen LogP contribution in [0.1, 0.15) is 29.8 Å². The van der Waals surface area contributed by atoms with Crippen LogP contribution in [0.15, 0.2) is 36.7 Å². The minimum Gasteiger partial charge on any atom is -0.349 e. The first-order chi connectivity index (χ1) is 8.97. The molecule has 4 heteroatoms. The van der Waals surface area contributed by atoms with Crippen molar-refractivity contribution in [3.05, 3.63) is 58.6 Å². The molecular weight excluding hydrogens is 265 g/mol. The van der Waals surface area contributed by atoms with Crippen LogP contribution in [0.2, 0.25) is 5.02 Å². The second kappa shape index (κ2) is 5.57. The molecule has 0 amide bonds. The molecule has 2 aromatic rings. The smallest absolute Gasteiger partial charge is 0.166 e. The highest BCUT2D eigenvalue weighted by molar-refractivity contribution is 6.30. The molecule has 0 unspecified atom stereocenters. The summed E-state index contributed by atoms with van der Waals surface area (Å²) in [5, 5.41) is 0.379. The molecule has 0 bridgehead atoms. The van der Waals surface area contributed by atoms with E-state index in [1.54, 1.807) is 35.2 Å². The van der Waals surface area contributed by atoms with Crippen molar-refractivity contribution in [1.29, 1.82) is 0 Å². The van der Waals surface area contributed by atoms with Gasteiger partial charge in [0.25, 0.3) is 0 Å². The van der Waals surface area contributed by atoms with E-state index in [1.165, 1.54) is 6.07 Å². The van der Waals surface area contributed by atoms with E-state index < -0.39 is 0 Å². The molecule has 1 aromatic carbocycles. The summed E-state index contributed by atoms with van der Waals surface area (Å²) in [7, 11) is 0. The molecule has 0 fully saturated rings. The lowest BCUT2D eigenvalue weighted by Gasteiger charge is -2.05. The maximum absolute atomic E-state index is 13.7. The van der Waals surface area contributed by atoms with Gasteiger partial charge >= 0.3 is 0 Å². The lowest BCUT2D eigenvalue weighted by atomic mass is 10.0. The molecule has 0 atom stereocenters. The Bertz CT molecular complexity index is 604. The lowest BCUT2D eigenvalue weighted by molar-refractivity contribution is 0.0939. The normalized spacial score (nSPS) is 11.0. The minimum atomic E-state index is -0.335. The van der Waals surface area contributed by atoms with Gasteiger partial charge in [-0.3, -0.25) is 4.79 Å². The summed E-state index contributed by atoms with van der Waals surface area (Å²) in [5.74, 6) is -0.281. The third-order valence-corrected chi connectivity index (χ3v) is 3.16. The van der Waals surface area contributed by atoms with Crippen molar-refractivity contribution >= 4 is 17.4 Å². The number of hydrogen-bond donors (Lipinski definition) is 0. The van der Waals surface area contributed by atoms with E-state index in [2.05, 4.69) is 0 Å². The zero-order valence-corrected chi connectivity index (χ0v) is 11.6. The second-order valence-corrected chi connectivity index (χ2v) is 5.26. The molecule has 0 saturated carbocycles. The molecule has 0 aliphatic carbocycles. The third kappa shape index (κ3) is 3.24. The van der Waals surface area contributed by atoms with Gasteiger partial charge in [-0.2, -0.15) is 0 Å². The van der Waals surface area contributed by atoms with Crippen molar-refractivity contribution in [2.75, 3.05) is 0 Å². The SMILES string of the molecule is CC(C)C(=O)c1ccn(Cc2ccc(Cl)cc2F)c1. The predicted octanol–water partition coefficient (Wildman–Crippen LogP) is 4.17. The zero-order chi connectivity index (χ0) is 14.0. The molecule has 100 valence electrons. The Kier molecular flexibility index (Phi) is 4.05. The number of benzene rings is 1. The highest BCUT2D eigenvalue weighted by Gasteiger charge is 2.12. The first kappa shape index (κ1) is 13.8. The predicted molar refractivity (Wildman–Crippen MR) is 74.1 cm³/mol. The average Bonchev–Trinajstić information content (AvgIpc) is 2.80. The second-order valence-electron chi connectivity index (χ2n) is 4.83. The fourth-order valence-corrected chi connectivity index (χ4v) is 2.02. The topological polar surface area (TPSA) is 22.0 Å². The van der Waals surface area contributed by atoms with Crippen LogP contribution in [0.25, 0.3) is 0 Å². The quantitative estimate of drug-likeness (QED) is 0.770. The van der Waals surface area contributed by atoms with E-state index in [-0.39, 0.29) is 17.5 Å². The van der Waals surface area contributed by atoms with Gasteiger partial charge in [0.15, 0.2) is 5.78 Å². The number of ketones is 1. The molecule has 1 heterocycles. The van der Waals surface area contributed by atoms with Crippen molar-refractivity contribution in [3.63, 3.8) is 0 Å². The maximum Gasteiger partial charge on any atom is 0.166 e. The van der Waals surface area contributed by atoms with E-state index in [1.807, 2.05) is 13.8 Å². The van der Waals surface area contributed by atoms with Crippen molar-refractivity contribution in [2.45, 2.75) is 20.4 Å². The highest BCUT2D eigenvalue weighted by atomic mass is 35.5. The highest BCUT2D eigenvalue weighted by Crippen LogP contribution is 2.17. The first-order valence-corrected chi connectivity index (χ1v) is 6.49. The molecule has 0 saturated heterocycles. The Labute approximate surface area is 116 Å². The van der Waals surface area contributed by atoms with Crippen molar-refractivity contribution < 1.29 is 9.18 Å².